The van der Waals surface area contributed by atoms with Crippen molar-refractivity contribution in [3.8, 4) is 5.75 Å². The van der Waals surface area contributed by atoms with Crippen LogP contribution in [-0.2, 0) is 9.53 Å². The van der Waals surface area contributed by atoms with Crippen molar-refractivity contribution < 1.29 is 28.2 Å². The average Bonchev–Trinajstić information content (AvgIpc) is 2.37. The van der Waals surface area contributed by atoms with Gasteiger partial charge in [-0.3, -0.25) is 9.78 Å². The Labute approximate surface area is 125 Å². The molecule has 1 heterocycles. The number of halogens is 2. The van der Waals surface area contributed by atoms with Gasteiger partial charge in [-0.2, -0.15) is 8.78 Å². The Kier molecular flexibility index (Phi) is 5.23. The number of rotatable bonds is 4. The molecule has 1 aromatic rings. The number of carbonyl (C=O) groups excluding carboxylic acids is 2. The van der Waals surface area contributed by atoms with Gasteiger partial charge in [-0.15, -0.1) is 0 Å². The monoisotopic (exact) mass is 317 g/mol. The van der Waals surface area contributed by atoms with E-state index >= 15 is 0 Å². The molecule has 0 bridgehead atoms. The molecule has 0 aromatic carbocycles. The number of nitrogens with one attached hydrogen (secondary N) is 2. The molecule has 0 aliphatic carbocycles. The van der Waals surface area contributed by atoms with Crippen molar-refractivity contribution in [2.75, 3.05) is 11.9 Å². The van der Waals surface area contributed by atoms with Gasteiger partial charge in [-0.25, -0.2) is 4.79 Å². The number of carbonyl (C=O) groups is 2. The number of alkyl carbamates (subject to hydrolysis) is 1. The highest BCUT2D eigenvalue weighted by Crippen LogP contribution is 2.23. The number of aromatic hydroxyl groups is 1. The van der Waals surface area contributed by atoms with Gasteiger partial charge in [0, 0.05) is 12.3 Å². The van der Waals surface area contributed by atoms with Crippen molar-refractivity contribution in [3.05, 3.63) is 18.5 Å². The standard InChI is InChI=1S/C13H17F2N3O4/c1-12(2,3)22-11(21)17-7-13(14,15)10(20)18-8-6-16-5-4-9(8)19/h4-6H,7H2,1-3H3,(H,16,19)(H,17,21)(H,18,20). The molecular formula is C13H17F2N3O4. The first-order valence-electron chi connectivity index (χ1n) is 6.30. The summed E-state index contributed by atoms with van der Waals surface area (Å²) in [6.45, 7) is 3.47. The lowest BCUT2D eigenvalue weighted by atomic mass is 10.2. The van der Waals surface area contributed by atoms with Gasteiger partial charge in [0.25, 0.3) is 5.91 Å². The summed E-state index contributed by atoms with van der Waals surface area (Å²) in [4.78, 5) is 26.4. The average molecular weight is 317 g/mol. The minimum absolute atomic E-state index is 0.260. The van der Waals surface area contributed by atoms with Crippen LogP contribution in [0.4, 0.5) is 19.3 Å². The predicted molar refractivity (Wildman–Crippen MR) is 73.7 cm³/mol. The molecule has 0 fully saturated rings. The van der Waals surface area contributed by atoms with Gasteiger partial charge in [0.1, 0.15) is 17.0 Å². The van der Waals surface area contributed by atoms with Crippen LogP contribution in [-0.4, -0.2) is 40.2 Å². The molecule has 7 nitrogen and oxygen atoms in total. The zero-order chi connectivity index (χ0) is 17.0. The molecule has 1 aromatic heterocycles. The number of alkyl halides is 2. The fraction of sp³-hybridized carbons (Fsp3) is 0.462. The van der Waals surface area contributed by atoms with Gasteiger partial charge >= 0.3 is 12.0 Å². The molecule has 0 radical (unpaired) electrons. The predicted octanol–water partition coefficient (Wildman–Crippen LogP) is 1.89. The summed E-state index contributed by atoms with van der Waals surface area (Å²) in [5, 5.41) is 13.0. The van der Waals surface area contributed by atoms with E-state index < -0.39 is 35.8 Å². The van der Waals surface area contributed by atoms with E-state index in [1.165, 1.54) is 6.20 Å². The normalized spacial score (nSPS) is 11.7. The molecular weight excluding hydrogens is 300 g/mol. The van der Waals surface area contributed by atoms with Gasteiger partial charge in [-0.05, 0) is 20.8 Å². The summed E-state index contributed by atoms with van der Waals surface area (Å²) in [6, 6.07) is 1.13. The molecule has 0 aliphatic rings. The molecule has 0 atom stereocenters. The highest BCUT2D eigenvalue weighted by atomic mass is 19.3. The quantitative estimate of drug-likeness (QED) is 0.787. The van der Waals surface area contributed by atoms with E-state index in [-0.39, 0.29) is 5.69 Å². The number of amides is 2. The van der Waals surface area contributed by atoms with E-state index in [4.69, 9.17) is 4.74 Å². The molecule has 122 valence electrons. The fourth-order valence-electron chi connectivity index (χ4n) is 1.27. The number of nitrogens with zero attached hydrogens (tertiary/aromatic N) is 1. The summed E-state index contributed by atoms with van der Waals surface area (Å²) < 4.78 is 32.1. The first kappa shape index (κ1) is 17.6. The Hall–Kier alpha value is -2.45. The third-order valence-corrected chi connectivity index (χ3v) is 2.23. The minimum atomic E-state index is -3.89. The van der Waals surface area contributed by atoms with Crippen LogP contribution >= 0.6 is 0 Å². The van der Waals surface area contributed by atoms with Crippen LogP contribution in [0.2, 0.25) is 0 Å². The molecule has 0 unspecified atom stereocenters. The van der Waals surface area contributed by atoms with Crippen LogP contribution in [0, 0.1) is 0 Å². The summed E-state index contributed by atoms with van der Waals surface area (Å²) in [6.07, 6.45) is 1.18. The third kappa shape index (κ3) is 5.51. The van der Waals surface area contributed by atoms with Crippen LogP contribution in [0.25, 0.3) is 0 Å². The van der Waals surface area contributed by atoms with Gasteiger partial charge in [0.2, 0.25) is 0 Å². The van der Waals surface area contributed by atoms with Crippen LogP contribution in [0.1, 0.15) is 20.8 Å². The number of ether oxygens (including phenoxy) is 1. The zero-order valence-electron chi connectivity index (χ0n) is 12.3. The van der Waals surface area contributed by atoms with Crippen molar-refractivity contribution in [1.29, 1.82) is 0 Å². The second kappa shape index (κ2) is 6.54. The van der Waals surface area contributed by atoms with E-state index in [1.807, 2.05) is 10.6 Å². The molecule has 1 rings (SSSR count). The molecule has 3 N–H and O–H groups in total. The largest absolute Gasteiger partial charge is 0.506 e. The van der Waals surface area contributed by atoms with Crippen molar-refractivity contribution >= 4 is 17.7 Å². The molecule has 2 amide bonds. The second-order valence-electron chi connectivity index (χ2n) is 5.41. The van der Waals surface area contributed by atoms with Crippen molar-refractivity contribution in [1.82, 2.24) is 10.3 Å². The van der Waals surface area contributed by atoms with Crippen molar-refractivity contribution in [2.45, 2.75) is 32.3 Å². The maximum Gasteiger partial charge on any atom is 0.407 e. The molecule has 22 heavy (non-hydrogen) atoms. The molecule has 0 saturated carbocycles. The molecule has 0 saturated heterocycles. The first-order chi connectivity index (χ1) is 10.0. The Morgan fingerprint density at radius 2 is 2.00 bits per heavy atom. The van der Waals surface area contributed by atoms with Crippen LogP contribution in [0.15, 0.2) is 18.5 Å². The number of hydrogen-bond donors (Lipinski definition) is 3. The lowest BCUT2D eigenvalue weighted by molar-refractivity contribution is -0.138. The van der Waals surface area contributed by atoms with Crippen molar-refractivity contribution in [3.63, 3.8) is 0 Å². The maximum atomic E-state index is 13.6. The Morgan fingerprint density at radius 1 is 1.36 bits per heavy atom. The van der Waals surface area contributed by atoms with Crippen molar-refractivity contribution in [2.24, 2.45) is 0 Å². The summed E-state index contributed by atoms with van der Waals surface area (Å²) in [5.41, 5.74) is -1.10. The van der Waals surface area contributed by atoms with E-state index in [2.05, 4.69) is 4.98 Å². The van der Waals surface area contributed by atoms with Gasteiger partial charge < -0.3 is 20.5 Å². The topological polar surface area (TPSA) is 101 Å². The van der Waals surface area contributed by atoms with Gasteiger partial charge in [0.05, 0.1) is 12.7 Å². The van der Waals surface area contributed by atoms with E-state index in [0.29, 0.717) is 0 Å². The maximum absolute atomic E-state index is 13.6. The minimum Gasteiger partial charge on any atom is -0.506 e. The van der Waals surface area contributed by atoms with Crippen LogP contribution < -0.4 is 10.6 Å². The highest BCUT2D eigenvalue weighted by molar-refractivity contribution is 5.97. The van der Waals surface area contributed by atoms with E-state index in [0.717, 1.165) is 12.3 Å². The molecule has 9 heteroatoms. The van der Waals surface area contributed by atoms with E-state index in [1.54, 1.807) is 20.8 Å². The SMILES string of the molecule is CC(C)(C)OC(=O)NCC(F)(F)C(=O)Nc1cnccc1O. The number of aromatic nitrogens is 1. The summed E-state index contributed by atoms with van der Waals surface area (Å²) in [7, 11) is 0. The fourth-order valence-corrected chi connectivity index (χ4v) is 1.27. The molecule has 0 aliphatic heterocycles. The summed E-state index contributed by atoms with van der Waals surface area (Å²) in [5.74, 6) is -5.98. The van der Waals surface area contributed by atoms with Crippen LogP contribution in [0.3, 0.4) is 0 Å². The number of hydrogen-bond acceptors (Lipinski definition) is 5. The lowest BCUT2D eigenvalue weighted by Gasteiger charge is -2.21. The number of anilines is 1. The summed E-state index contributed by atoms with van der Waals surface area (Å²) >= 11 is 0. The Balaban J connectivity index is 2.60. The number of pyridine rings is 1. The second-order valence-corrected chi connectivity index (χ2v) is 5.41. The lowest BCUT2D eigenvalue weighted by Crippen LogP contribution is -2.46. The highest BCUT2D eigenvalue weighted by Gasteiger charge is 2.40. The van der Waals surface area contributed by atoms with Gasteiger partial charge in [-0.1, -0.05) is 0 Å². The van der Waals surface area contributed by atoms with Crippen LogP contribution in [0.5, 0.6) is 5.75 Å². The smallest absolute Gasteiger partial charge is 0.407 e. The Morgan fingerprint density at radius 3 is 2.55 bits per heavy atom. The molecule has 0 spiro atoms. The van der Waals surface area contributed by atoms with E-state index in [9.17, 15) is 23.5 Å². The zero-order valence-corrected chi connectivity index (χ0v) is 12.3. The first-order valence-corrected chi connectivity index (χ1v) is 6.30. The third-order valence-electron chi connectivity index (χ3n) is 2.23. The Bertz CT molecular complexity index is 558. The van der Waals surface area contributed by atoms with Gasteiger partial charge in [0.15, 0.2) is 0 Å².